The molecule has 0 amide bonds. The summed E-state index contributed by atoms with van der Waals surface area (Å²) >= 11 is 1.82. The van der Waals surface area contributed by atoms with E-state index >= 15 is 0 Å². The smallest absolute Gasteiger partial charge is 0.119 e. The van der Waals surface area contributed by atoms with Crippen LogP contribution in [0.1, 0.15) is 11.8 Å². The SMILES string of the molecule is CCc1cc(-c2cccc(OC)c2)cs1. The van der Waals surface area contributed by atoms with Crippen molar-refractivity contribution in [2.24, 2.45) is 0 Å². The van der Waals surface area contributed by atoms with Crippen molar-refractivity contribution in [2.75, 3.05) is 7.11 Å². The summed E-state index contributed by atoms with van der Waals surface area (Å²) in [5, 5.41) is 2.20. The van der Waals surface area contributed by atoms with E-state index in [1.54, 1.807) is 7.11 Å². The molecule has 0 bridgehead atoms. The van der Waals surface area contributed by atoms with Gasteiger partial charge in [0.05, 0.1) is 7.11 Å². The molecule has 1 heterocycles. The Bertz CT molecular complexity index is 445. The monoisotopic (exact) mass is 218 g/mol. The molecule has 1 aromatic heterocycles. The Kier molecular flexibility index (Phi) is 3.07. The van der Waals surface area contributed by atoms with Gasteiger partial charge in [0.1, 0.15) is 5.75 Å². The molecule has 0 aliphatic carbocycles. The standard InChI is InChI=1S/C13H14OS/c1-3-13-8-11(9-15-13)10-5-4-6-12(7-10)14-2/h4-9H,3H2,1-2H3. The maximum atomic E-state index is 5.21. The van der Waals surface area contributed by atoms with E-state index in [2.05, 4.69) is 30.5 Å². The van der Waals surface area contributed by atoms with Crippen molar-refractivity contribution in [3.05, 3.63) is 40.6 Å². The molecule has 0 N–H and O–H groups in total. The third-order valence-electron chi connectivity index (χ3n) is 2.41. The topological polar surface area (TPSA) is 9.23 Å². The predicted octanol–water partition coefficient (Wildman–Crippen LogP) is 3.99. The van der Waals surface area contributed by atoms with Crippen LogP contribution in [0.2, 0.25) is 0 Å². The minimum Gasteiger partial charge on any atom is -0.497 e. The maximum absolute atomic E-state index is 5.21. The van der Waals surface area contributed by atoms with E-state index < -0.39 is 0 Å². The lowest BCUT2D eigenvalue weighted by atomic mass is 10.1. The first-order valence-corrected chi connectivity index (χ1v) is 5.93. The highest BCUT2D eigenvalue weighted by Crippen LogP contribution is 2.28. The summed E-state index contributed by atoms with van der Waals surface area (Å²) in [6.45, 7) is 2.18. The molecule has 0 unspecified atom stereocenters. The van der Waals surface area contributed by atoms with Gasteiger partial charge in [0, 0.05) is 4.88 Å². The molecular formula is C13H14OS. The van der Waals surface area contributed by atoms with Crippen LogP contribution >= 0.6 is 11.3 Å². The van der Waals surface area contributed by atoms with Crippen LogP contribution in [-0.2, 0) is 6.42 Å². The van der Waals surface area contributed by atoms with Crippen LogP contribution in [0.3, 0.4) is 0 Å². The highest BCUT2D eigenvalue weighted by molar-refractivity contribution is 7.10. The molecule has 1 nitrogen and oxygen atoms in total. The second kappa shape index (κ2) is 4.49. The van der Waals surface area contributed by atoms with Crippen LogP contribution in [-0.4, -0.2) is 7.11 Å². The van der Waals surface area contributed by atoms with Gasteiger partial charge in [0.25, 0.3) is 0 Å². The molecule has 0 aliphatic rings. The Morgan fingerprint density at radius 1 is 1.20 bits per heavy atom. The summed E-state index contributed by atoms with van der Waals surface area (Å²) in [5.41, 5.74) is 2.51. The molecule has 0 saturated heterocycles. The van der Waals surface area contributed by atoms with E-state index in [0.717, 1.165) is 12.2 Å². The number of rotatable bonds is 3. The summed E-state index contributed by atoms with van der Waals surface area (Å²) in [6.07, 6.45) is 1.11. The van der Waals surface area contributed by atoms with Crippen molar-refractivity contribution < 1.29 is 4.74 Å². The van der Waals surface area contributed by atoms with E-state index in [1.165, 1.54) is 16.0 Å². The van der Waals surface area contributed by atoms with E-state index in [9.17, 15) is 0 Å². The zero-order valence-electron chi connectivity index (χ0n) is 8.99. The molecule has 2 heteroatoms. The fourth-order valence-electron chi connectivity index (χ4n) is 1.52. The molecule has 15 heavy (non-hydrogen) atoms. The van der Waals surface area contributed by atoms with Crippen molar-refractivity contribution in [1.29, 1.82) is 0 Å². The molecule has 0 radical (unpaired) electrons. The lowest BCUT2D eigenvalue weighted by Gasteiger charge is -2.01. The van der Waals surface area contributed by atoms with E-state index in [1.807, 2.05) is 23.5 Å². The fourth-order valence-corrected chi connectivity index (χ4v) is 2.36. The zero-order chi connectivity index (χ0) is 10.7. The van der Waals surface area contributed by atoms with Gasteiger partial charge in [-0.15, -0.1) is 11.3 Å². The van der Waals surface area contributed by atoms with Crippen molar-refractivity contribution in [2.45, 2.75) is 13.3 Å². The van der Waals surface area contributed by atoms with Gasteiger partial charge < -0.3 is 4.74 Å². The van der Waals surface area contributed by atoms with Crippen LogP contribution in [0.15, 0.2) is 35.7 Å². The normalized spacial score (nSPS) is 10.3. The highest BCUT2D eigenvalue weighted by Gasteiger charge is 2.02. The summed E-state index contributed by atoms with van der Waals surface area (Å²) in [4.78, 5) is 1.42. The molecule has 0 aliphatic heterocycles. The molecule has 2 aromatic rings. The first kappa shape index (κ1) is 10.2. The third-order valence-corrected chi connectivity index (χ3v) is 3.49. The lowest BCUT2D eigenvalue weighted by molar-refractivity contribution is 0.415. The summed E-state index contributed by atoms with van der Waals surface area (Å²) < 4.78 is 5.21. The maximum Gasteiger partial charge on any atom is 0.119 e. The van der Waals surface area contributed by atoms with Crippen LogP contribution in [0.4, 0.5) is 0 Å². The highest BCUT2D eigenvalue weighted by atomic mass is 32.1. The van der Waals surface area contributed by atoms with E-state index in [4.69, 9.17) is 4.74 Å². The van der Waals surface area contributed by atoms with Gasteiger partial charge >= 0.3 is 0 Å². The number of thiophene rings is 1. The molecular weight excluding hydrogens is 204 g/mol. The molecule has 0 saturated carbocycles. The summed E-state index contributed by atoms with van der Waals surface area (Å²) in [5.74, 6) is 0.914. The Hall–Kier alpha value is -1.28. The molecule has 0 fully saturated rings. The van der Waals surface area contributed by atoms with Crippen LogP contribution in [0.25, 0.3) is 11.1 Å². The van der Waals surface area contributed by atoms with Crippen molar-refractivity contribution in [3.63, 3.8) is 0 Å². The number of methoxy groups -OCH3 is 1. The second-order valence-corrected chi connectivity index (χ2v) is 4.38. The van der Waals surface area contributed by atoms with Gasteiger partial charge in [-0.2, -0.15) is 0 Å². The summed E-state index contributed by atoms with van der Waals surface area (Å²) in [6, 6.07) is 10.4. The lowest BCUT2D eigenvalue weighted by Crippen LogP contribution is -1.82. The Balaban J connectivity index is 2.35. The number of hydrogen-bond donors (Lipinski definition) is 0. The van der Waals surface area contributed by atoms with Crippen LogP contribution < -0.4 is 4.74 Å². The zero-order valence-corrected chi connectivity index (χ0v) is 9.80. The Morgan fingerprint density at radius 3 is 2.73 bits per heavy atom. The van der Waals surface area contributed by atoms with E-state index in [-0.39, 0.29) is 0 Å². The van der Waals surface area contributed by atoms with E-state index in [0.29, 0.717) is 0 Å². The van der Waals surface area contributed by atoms with Gasteiger partial charge in [-0.3, -0.25) is 0 Å². The van der Waals surface area contributed by atoms with Gasteiger partial charge in [0.2, 0.25) is 0 Å². The quantitative estimate of drug-likeness (QED) is 0.757. The summed E-state index contributed by atoms with van der Waals surface area (Å²) in [7, 11) is 1.70. The predicted molar refractivity (Wildman–Crippen MR) is 65.7 cm³/mol. The van der Waals surface area contributed by atoms with Crippen LogP contribution in [0.5, 0.6) is 5.75 Å². The average Bonchev–Trinajstić information content (AvgIpc) is 2.78. The fraction of sp³-hybridized carbons (Fsp3) is 0.231. The van der Waals surface area contributed by atoms with Gasteiger partial charge in [-0.05, 0) is 41.1 Å². The largest absolute Gasteiger partial charge is 0.497 e. The molecule has 78 valence electrons. The molecule has 0 spiro atoms. The van der Waals surface area contributed by atoms with Crippen molar-refractivity contribution >= 4 is 11.3 Å². The molecule has 2 rings (SSSR count). The number of hydrogen-bond acceptors (Lipinski definition) is 2. The number of benzene rings is 1. The van der Waals surface area contributed by atoms with Gasteiger partial charge in [0.15, 0.2) is 0 Å². The minimum absolute atomic E-state index is 0.914. The van der Waals surface area contributed by atoms with Crippen LogP contribution in [0, 0.1) is 0 Å². The Labute approximate surface area is 94.3 Å². The van der Waals surface area contributed by atoms with Gasteiger partial charge in [-0.1, -0.05) is 19.1 Å². The Morgan fingerprint density at radius 2 is 2.07 bits per heavy atom. The first-order valence-electron chi connectivity index (χ1n) is 5.05. The van der Waals surface area contributed by atoms with Crippen molar-refractivity contribution in [3.8, 4) is 16.9 Å². The minimum atomic E-state index is 0.914. The average molecular weight is 218 g/mol. The molecule has 0 atom stereocenters. The second-order valence-electron chi connectivity index (χ2n) is 3.39. The van der Waals surface area contributed by atoms with Gasteiger partial charge in [-0.25, -0.2) is 0 Å². The first-order chi connectivity index (χ1) is 7.33. The number of aryl methyl sites for hydroxylation is 1. The number of ether oxygens (including phenoxy) is 1. The molecule has 1 aromatic carbocycles. The third kappa shape index (κ3) is 2.21. The van der Waals surface area contributed by atoms with Crippen molar-refractivity contribution in [1.82, 2.24) is 0 Å².